The van der Waals surface area contributed by atoms with E-state index in [4.69, 9.17) is 9.90 Å². The van der Waals surface area contributed by atoms with Crippen molar-refractivity contribution in [3.8, 4) is 0 Å². The van der Waals surface area contributed by atoms with Crippen LogP contribution in [0.3, 0.4) is 0 Å². The van der Waals surface area contributed by atoms with E-state index in [0.717, 1.165) is 16.7 Å². The lowest BCUT2D eigenvalue weighted by atomic mass is 9.70. The number of anilines is 1. The third-order valence-electron chi connectivity index (χ3n) is 7.48. The van der Waals surface area contributed by atoms with E-state index in [1.165, 1.54) is 0 Å². The molecular formula is C21H27BrF3N3O5S. The zero-order valence-electron chi connectivity index (χ0n) is 18.8. The molecule has 1 aromatic rings. The lowest BCUT2D eigenvalue weighted by Crippen LogP contribution is -2.53. The van der Waals surface area contributed by atoms with Gasteiger partial charge in [-0.05, 0) is 52.2 Å². The number of carbonyl (C=O) groups is 2. The zero-order chi connectivity index (χ0) is 25.5. The van der Waals surface area contributed by atoms with Crippen molar-refractivity contribution >= 4 is 43.5 Å². The van der Waals surface area contributed by atoms with Gasteiger partial charge in [0.15, 0.2) is 0 Å². The lowest BCUT2D eigenvalue weighted by Gasteiger charge is -2.40. The van der Waals surface area contributed by atoms with Gasteiger partial charge in [-0.3, -0.25) is 4.79 Å². The van der Waals surface area contributed by atoms with Crippen LogP contribution in [-0.4, -0.2) is 72.7 Å². The summed E-state index contributed by atoms with van der Waals surface area (Å²) in [4.78, 5) is 28.1. The first-order valence-electron chi connectivity index (χ1n) is 10.8. The van der Waals surface area contributed by atoms with E-state index in [2.05, 4.69) is 39.7 Å². The smallest absolute Gasteiger partial charge is 0.475 e. The predicted octanol–water partition coefficient (Wildman–Crippen LogP) is 3.32. The molecule has 13 heteroatoms. The monoisotopic (exact) mass is 569 g/mol. The van der Waals surface area contributed by atoms with Crippen LogP contribution in [0.25, 0.3) is 0 Å². The number of aliphatic carboxylic acids is 1. The molecule has 1 saturated heterocycles. The first-order valence-corrected chi connectivity index (χ1v) is 13.2. The Morgan fingerprint density at radius 1 is 1.24 bits per heavy atom. The van der Waals surface area contributed by atoms with Crippen molar-refractivity contribution in [3.05, 3.63) is 22.8 Å². The van der Waals surface area contributed by atoms with Gasteiger partial charge in [0.2, 0.25) is 10.0 Å². The molecule has 0 spiro atoms. The van der Waals surface area contributed by atoms with Crippen molar-refractivity contribution in [2.24, 2.45) is 16.7 Å². The molecule has 1 aromatic heterocycles. The molecule has 190 valence electrons. The average Bonchev–Trinajstić information content (AvgIpc) is 3.08. The van der Waals surface area contributed by atoms with Gasteiger partial charge in [-0.1, -0.05) is 13.8 Å². The molecule has 2 heterocycles. The van der Waals surface area contributed by atoms with E-state index < -0.39 is 27.6 Å². The molecular weight excluding hydrogens is 543 g/mol. The third kappa shape index (κ3) is 5.11. The number of fused-ring (bicyclic) bond motifs is 2. The molecule has 1 N–H and O–H groups in total. The van der Waals surface area contributed by atoms with E-state index in [1.807, 2.05) is 12.1 Å². The second-order valence-corrected chi connectivity index (χ2v) is 12.3. The maximum absolute atomic E-state index is 13.2. The molecule has 0 aromatic carbocycles. The van der Waals surface area contributed by atoms with Crippen LogP contribution in [0.4, 0.5) is 19.0 Å². The fraction of sp³-hybridized carbons (Fsp3) is 0.667. The lowest BCUT2D eigenvalue weighted by molar-refractivity contribution is -0.192. The number of Topliss-reactive ketones (excluding diaryl/α,β-unsaturated/α-hetero) is 1. The van der Waals surface area contributed by atoms with Crippen LogP contribution in [0.15, 0.2) is 22.8 Å². The van der Waals surface area contributed by atoms with Crippen molar-refractivity contribution in [2.45, 2.75) is 39.3 Å². The Bertz CT molecular complexity index is 1040. The summed E-state index contributed by atoms with van der Waals surface area (Å²) in [7, 11) is -3.47. The summed E-state index contributed by atoms with van der Waals surface area (Å²) in [6.45, 7) is 6.27. The van der Waals surface area contributed by atoms with Gasteiger partial charge >= 0.3 is 12.1 Å². The number of piperazine rings is 1. The number of rotatable bonds is 4. The molecule has 3 fully saturated rings. The van der Waals surface area contributed by atoms with Gasteiger partial charge in [0.1, 0.15) is 11.6 Å². The number of pyridine rings is 1. The number of hydrogen-bond acceptors (Lipinski definition) is 6. The van der Waals surface area contributed by atoms with Gasteiger partial charge in [0.05, 0.1) is 5.75 Å². The van der Waals surface area contributed by atoms with Gasteiger partial charge in [0, 0.05) is 48.7 Å². The van der Waals surface area contributed by atoms with Crippen LogP contribution in [0.2, 0.25) is 0 Å². The van der Waals surface area contributed by atoms with Crippen LogP contribution in [0, 0.1) is 16.7 Å². The van der Waals surface area contributed by atoms with Gasteiger partial charge in [-0.25, -0.2) is 18.2 Å². The van der Waals surface area contributed by atoms with Gasteiger partial charge < -0.3 is 10.0 Å². The second kappa shape index (κ2) is 9.38. The van der Waals surface area contributed by atoms with Gasteiger partial charge in [0.25, 0.3) is 0 Å². The van der Waals surface area contributed by atoms with Gasteiger partial charge in [-0.2, -0.15) is 17.5 Å². The molecule has 2 aliphatic carbocycles. The van der Waals surface area contributed by atoms with Crippen molar-refractivity contribution in [2.75, 3.05) is 36.8 Å². The van der Waals surface area contributed by atoms with Crippen LogP contribution in [0.5, 0.6) is 0 Å². The molecule has 0 unspecified atom stereocenters. The number of sulfonamides is 1. The number of ketones is 1. The largest absolute Gasteiger partial charge is 0.490 e. The summed E-state index contributed by atoms with van der Waals surface area (Å²) in [6, 6.07) is 3.88. The van der Waals surface area contributed by atoms with E-state index >= 15 is 0 Å². The summed E-state index contributed by atoms with van der Waals surface area (Å²) in [5.41, 5.74) is -0.915. The minimum Gasteiger partial charge on any atom is -0.475 e. The Balaban J connectivity index is 0.000000406. The summed E-state index contributed by atoms with van der Waals surface area (Å²) < 4.78 is 60.6. The first kappa shape index (κ1) is 26.9. The highest BCUT2D eigenvalue weighted by Crippen LogP contribution is 2.64. The SMILES string of the molecule is CC1(C)[C@@H]2CC[C@]1(CS(=O)(=O)N1CCN(c3ccc(Br)cn3)CC1)C(=O)C2.O=C(O)C(F)(F)F. The minimum absolute atomic E-state index is 0.0289. The molecule has 2 bridgehead atoms. The first-order chi connectivity index (χ1) is 15.6. The Morgan fingerprint density at radius 3 is 2.24 bits per heavy atom. The second-order valence-electron chi connectivity index (χ2n) is 9.45. The normalized spacial score (nSPS) is 26.8. The van der Waals surface area contributed by atoms with Crippen LogP contribution in [-0.2, 0) is 19.6 Å². The van der Waals surface area contributed by atoms with E-state index in [1.54, 1.807) is 10.5 Å². The topological polar surface area (TPSA) is 108 Å². The molecule has 0 amide bonds. The highest BCUT2D eigenvalue weighted by molar-refractivity contribution is 9.10. The summed E-state index contributed by atoms with van der Waals surface area (Å²) in [5.74, 6) is -1.43. The Hall–Kier alpha value is -1.73. The standard InChI is InChI=1S/C19H26BrN3O3S.C2HF3O2/c1-18(2)14-5-6-19(18,16(24)11-14)13-27(25,26)23-9-7-22(8-10-23)17-4-3-15(20)12-21-17;3-2(4,5)1(6)7/h3-4,12,14H,5-11,13H2,1-2H3;(H,6,7)/t14-,19+;/m1./s1. The molecule has 34 heavy (non-hydrogen) atoms. The molecule has 2 atom stereocenters. The minimum atomic E-state index is -5.08. The van der Waals surface area contributed by atoms with Crippen molar-refractivity contribution < 1.29 is 36.3 Å². The van der Waals surface area contributed by atoms with Crippen molar-refractivity contribution in [3.63, 3.8) is 0 Å². The molecule has 3 aliphatic rings. The summed E-state index contributed by atoms with van der Waals surface area (Å²) >= 11 is 3.38. The molecule has 8 nitrogen and oxygen atoms in total. The van der Waals surface area contributed by atoms with Gasteiger partial charge in [-0.15, -0.1) is 0 Å². The van der Waals surface area contributed by atoms with Crippen molar-refractivity contribution in [1.82, 2.24) is 9.29 Å². The highest BCUT2D eigenvalue weighted by Gasteiger charge is 2.65. The number of carbonyl (C=O) groups excluding carboxylic acids is 1. The average molecular weight is 570 g/mol. The van der Waals surface area contributed by atoms with Crippen LogP contribution < -0.4 is 4.90 Å². The van der Waals surface area contributed by atoms with Crippen LogP contribution >= 0.6 is 15.9 Å². The number of carboxylic acids is 1. The number of aromatic nitrogens is 1. The number of alkyl halides is 3. The van der Waals surface area contributed by atoms with Crippen LogP contribution in [0.1, 0.15) is 33.1 Å². The Morgan fingerprint density at radius 2 is 1.82 bits per heavy atom. The number of nitrogens with zero attached hydrogens (tertiary/aromatic N) is 3. The van der Waals surface area contributed by atoms with E-state index in [-0.39, 0.29) is 17.0 Å². The van der Waals surface area contributed by atoms with E-state index in [9.17, 15) is 26.4 Å². The maximum atomic E-state index is 13.2. The molecule has 0 radical (unpaired) electrons. The third-order valence-corrected chi connectivity index (χ3v) is 9.96. The number of hydrogen-bond donors (Lipinski definition) is 1. The number of halogens is 4. The summed E-state index contributed by atoms with van der Waals surface area (Å²) in [5, 5.41) is 7.12. The fourth-order valence-electron chi connectivity index (χ4n) is 5.26. The van der Waals surface area contributed by atoms with Crippen molar-refractivity contribution in [1.29, 1.82) is 0 Å². The molecule has 2 saturated carbocycles. The fourth-order valence-corrected chi connectivity index (χ4v) is 7.70. The zero-order valence-corrected chi connectivity index (χ0v) is 21.2. The molecule has 1 aliphatic heterocycles. The Labute approximate surface area is 204 Å². The maximum Gasteiger partial charge on any atom is 0.490 e. The summed E-state index contributed by atoms with van der Waals surface area (Å²) in [6.07, 6.45) is -1.10. The van der Waals surface area contributed by atoms with E-state index in [0.29, 0.717) is 44.9 Å². The number of carboxylic acid groups (broad SMARTS) is 1. The highest BCUT2D eigenvalue weighted by atomic mass is 79.9. The molecule has 4 rings (SSSR count). The Kier molecular flexibility index (Phi) is 7.41. The quantitative estimate of drug-likeness (QED) is 0.592. The predicted molar refractivity (Wildman–Crippen MR) is 122 cm³/mol.